The molecular weight excluding hydrogens is 352 g/mol. The fourth-order valence-corrected chi connectivity index (χ4v) is 2.75. The third kappa shape index (κ3) is 5.59. The van der Waals surface area contributed by atoms with Crippen LogP contribution in [-0.4, -0.2) is 10.2 Å². The van der Waals surface area contributed by atoms with Gasteiger partial charge in [-0.15, -0.1) is 0 Å². The van der Waals surface area contributed by atoms with E-state index in [1.807, 2.05) is 72.8 Å². The Bertz CT molecular complexity index is 776. The van der Waals surface area contributed by atoms with Crippen molar-refractivity contribution < 1.29 is 19.7 Å². The lowest BCUT2D eigenvalue weighted by molar-refractivity contribution is 0.198. The van der Waals surface area contributed by atoms with E-state index in [2.05, 4.69) is 0 Å². The van der Waals surface area contributed by atoms with E-state index in [1.165, 1.54) is 0 Å². The fourth-order valence-electron chi connectivity index (χ4n) is 2.75. The van der Waals surface area contributed by atoms with E-state index in [0.717, 1.165) is 33.8 Å². The number of aliphatic hydroxyl groups excluding tert-OH is 2. The van der Waals surface area contributed by atoms with Gasteiger partial charge in [0.25, 0.3) is 0 Å². The largest absolute Gasteiger partial charge is 0.489 e. The Kier molecular flexibility index (Phi) is 6.69. The van der Waals surface area contributed by atoms with Gasteiger partial charge in [-0.25, -0.2) is 0 Å². The third-order valence-corrected chi connectivity index (χ3v) is 4.56. The fraction of sp³-hybridized carbons (Fsp3) is 0.250. The Labute approximate surface area is 166 Å². The molecule has 28 heavy (non-hydrogen) atoms. The molecule has 3 rings (SSSR count). The molecule has 0 aliphatic rings. The van der Waals surface area contributed by atoms with Crippen molar-refractivity contribution in [1.82, 2.24) is 0 Å². The molecule has 0 saturated carbocycles. The third-order valence-electron chi connectivity index (χ3n) is 4.56. The highest BCUT2D eigenvalue weighted by Crippen LogP contribution is 2.20. The van der Waals surface area contributed by atoms with Crippen LogP contribution in [0.2, 0.25) is 0 Å². The molecule has 0 aromatic heterocycles. The lowest BCUT2D eigenvalue weighted by Gasteiger charge is -2.10. The quantitative estimate of drug-likeness (QED) is 0.582. The summed E-state index contributed by atoms with van der Waals surface area (Å²) in [4.78, 5) is 0. The van der Waals surface area contributed by atoms with Crippen molar-refractivity contribution in [2.75, 3.05) is 0 Å². The van der Waals surface area contributed by atoms with Crippen molar-refractivity contribution >= 4 is 0 Å². The van der Waals surface area contributed by atoms with Gasteiger partial charge in [-0.1, -0.05) is 48.5 Å². The van der Waals surface area contributed by atoms with Gasteiger partial charge in [0.1, 0.15) is 24.7 Å². The highest BCUT2D eigenvalue weighted by atomic mass is 16.5. The molecular formula is C24H26O4. The molecule has 0 spiro atoms. The number of hydrogen-bond donors (Lipinski definition) is 2. The van der Waals surface area contributed by atoms with Crippen molar-refractivity contribution in [3.8, 4) is 11.5 Å². The van der Waals surface area contributed by atoms with Gasteiger partial charge in [0.05, 0.1) is 12.2 Å². The van der Waals surface area contributed by atoms with Crippen molar-refractivity contribution in [3.05, 3.63) is 95.1 Å². The van der Waals surface area contributed by atoms with Gasteiger partial charge in [-0.2, -0.15) is 0 Å². The summed E-state index contributed by atoms with van der Waals surface area (Å²) >= 11 is 0. The molecule has 146 valence electrons. The number of aliphatic hydroxyl groups is 2. The van der Waals surface area contributed by atoms with Gasteiger partial charge in [-0.3, -0.25) is 0 Å². The van der Waals surface area contributed by atoms with Crippen LogP contribution in [0, 0.1) is 0 Å². The number of rotatable bonds is 8. The molecule has 0 radical (unpaired) electrons. The Hall–Kier alpha value is -2.82. The summed E-state index contributed by atoms with van der Waals surface area (Å²) in [5.74, 6) is 1.55. The van der Waals surface area contributed by atoms with Gasteiger partial charge in [-0.05, 0) is 60.4 Å². The predicted molar refractivity (Wildman–Crippen MR) is 109 cm³/mol. The molecule has 2 N–H and O–H groups in total. The van der Waals surface area contributed by atoms with Gasteiger partial charge in [0.2, 0.25) is 0 Å². The first-order valence-electron chi connectivity index (χ1n) is 9.41. The van der Waals surface area contributed by atoms with Crippen LogP contribution >= 0.6 is 0 Å². The summed E-state index contributed by atoms with van der Waals surface area (Å²) in [5.41, 5.74) is 3.89. The Morgan fingerprint density at radius 3 is 1.18 bits per heavy atom. The van der Waals surface area contributed by atoms with Crippen LogP contribution < -0.4 is 9.47 Å². The zero-order valence-electron chi connectivity index (χ0n) is 16.2. The highest BCUT2D eigenvalue weighted by Gasteiger charge is 2.03. The molecule has 0 saturated heterocycles. The van der Waals surface area contributed by atoms with Gasteiger partial charge < -0.3 is 19.7 Å². The summed E-state index contributed by atoms with van der Waals surface area (Å²) in [7, 11) is 0. The van der Waals surface area contributed by atoms with Crippen LogP contribution in [0.25, 0.3) is 0 Å². The van der Waals surface area contributed by atoms with Crippen molar-refractivity contribution in [1.29, 1.82) is 0 Å². The molecule has 4 nitrogen and oxygen atoms in total. The molecule has 3 aromatic carbocycles. The zero-order chi connectivity index (χ0) is 19.9. The second kappa shape index (κ2) is 9.40. The average Bonchev–Trinajstić information content (AvgIpc) is 2.72. The van der Waals surface area contributed by atoms with Crippen LogP contribution in [0.3, 0.4) is 0 Å². The van der Waals surface area contributed by atoms with Crippen LogP contribution in [0.1, 0.15) is 48.3 Å². The van der Waals surface area contributed by atoms with E-state index in [0.29, 0.717) is 13.2 Å². The molecule has 0 aliphatic carbocycles. The maximum Gasteiger partial charge on any atom is 0.119 e. The average molecular weight is 378 g/mol. The molecule has 0 heterocycles. The van der Waals surface area contributed by atoms with Crippen LogP contribution in [0.5, 0.6) is 11.5 Å². The van der Waals surface area contributed by atoms with Crippen molar-refractivity contribution in [2.24, 2.45) is 0 Å². The molecule has 0 amide bonds. The van der Waals surface area contributed by atoms with Crippen molar-refractivity contribution in [2.45, 2.75) is 39.3 Å². The van der Waals surface area contributed by atoms with E-state index in [4.69, 9.17) is 9.47 Å². The molecule has 4 heteroatoms. The monoisotopic (exact) mass is 378 g/mol. The topological polar surface area (TPSA) is 58.9 Å². The lowest BCUT2D eigenvalue weighted by atomic mass is 10.1. The Morgan fingerprint density at radius 1 is 0.571 bits per heavy atom. The summed E-state index contributed by atoms with van der Waals surface area (Å²) in [6, 6.07) is 23.1. The SMILES string of the molecule is CC(O)c1ccc(OCc2ccc(COc3ccc(C(C)O)cc3)cc2)cc1. The summed E-state index contributed by atoms with van der Waals surface area (Å²) in [6.07, 6.45) is -0.944. The van der Waals surface area contributed by atoms with Gasteiger partial charge >= 0.3 is 0 Å². The van der Waals surface area contributed by atoms with Crippen LogP contribution in [0.4, 0.5) is 0 Å². The predicted octanol–water partition coefficient (Wildman–Crippen LogP) is 4.95. The zero-order valence-corrected chi connectivity index (χ0v) is 16.2. The first-order valence-corrected chi connectivity index (χ1v) is 9.41. The maximum atomic E-state index is 9.54. The molecule has 2 unspecified atom stereocenters. The molecule has 3 aromatic rings. The smallest absolute Gasteiger partial charge is 0.119 e. The minimum atomic E-state index is -0.472. The van der Waals surface area contributed by atoms with E-state index in [-0.39, 0.29) is 0 Å². The maximum absolute atomic E-state index is 9.54. The van der Waals surface area contributed by atoms with Gasteiger partial charge in [0, 0.05) is 0 Å². The van der Waals surface area contributed by atoms with Crippen molar-refractivity contribution in [3.63, 3.8) is 0 Å². The van der Waals surface area contributed by atoms with E-state index in [1.54, 1.807) is 13.8 Å². The van der Waals surface area contributed by atoms with Crippen LogP contribution in [0.15, 0.2) is 72.8 Å². The van der Waals surface area contributed by atoms with E-state index < -0.39 is 12.2 Å². The molecule has 2 atom stereocenters. The minimum Gasteiger partial charge on any atom is -0.489 e. The first-order chi connectivity index (χ1) is 13.5. The second-order valence-corrected chi connectivity index (χ2v) is 6.88. The van der Waals surface area contributed by atoms with E-state index >= 15 is 0 Å². The highest BCUT2D eigenvalue weighted by molar-refractivity contribution is 5.30. The number of hydrogen-bond acceptors (Lipinski definition) is 4. The Morgan fingerprint density at radius 2 is 0.893 bits per heavy atom. The molecule has 0 fully saturated rings. The van der Waals surface area contributed by atoms with E-state index in [9.17, 15) is 10.2 Å². The summed E-state index contributed by atoms with van der Waals surface area (Å²) in [6.45, 7) is 4.45. The minimum absolute atomic E-state index is 0.472. The summed E-state index contributed by atoms with van der Waals surface area (Å²) < 4.78 is 11.6. The van der Waals surface area contributed by atoms with Gasteiger partial charge in [0.15, 0.2) is 0 Å². The lowest BCUT2D eigenvalue weighted by Crippen LogP contribution is -1.99. The standard InChI is InChI=1S/C24H26O4/c1-17(25)21-7-11-23(12-8-21)27-15-19-3-5-20(6-4-19)16-28-24-13-9-22(10-14-24)18(2)26/h3-14,17-18,25-26H,15-16H2,1-2H3. The normalized spacial score (nSPS) is 13.0. The first kappa shape index (κ1) is 19.9. The summed E-state index contributed by atoms with van der Waals surface area (Å²) in [5, 5.41) is 19.1. The van der Waals surface area contributed by atoms with Crippen LogP contribution in [-0.2, 0) is 13.2 Å². The number of ether oxygens (including phenoxy) is 2. The molecule has 0 bridgehead atoms. The second-order valence-electron chi connectivity index (χ2n) is 6.88. The molecule has 0 aliphatic heterocycles. The Balaban J connectivity index is 1.49. The number of benzene rings is 3.